The SMILES string of the molecule is CCC(COC)NS(=O)(=O)c1cc(N)ccc1Br. The molecule has 0 radical (unpaired) electrons. The molecular formula is C11H17BrN2O3S. The highest BCUT2D eigenvalue weighted by atomic mass is 79.9. The second-order valence-electron chi connectivity index (χ2n) is 3.87. The normalized spacial score (nSPS) is 13.5. The van der Waals surface area contributed by atoms with Crippen molar-refractivity contribution >= 4 is 31.6 Å². The number of nitrogens with one attached hydrogen (secondary N) is 1. The lowest BCUT2D eigenvalue weighted by molar-refractivity contribution is 0.173. The first kappa shape index (κ1) is 15.4. The summed E-state index contributed by atoms with van der Waals surface area (Å²) in [6, 6.07) is 4.41. The van der Waals surface area contributed by atoms with E-state index in [1.807, 2.05) is 6.92 Å². The van der Waals surface area contributed by atoms with E-state index < -0.39 is 10.0 Å². The van der Waals surface area contributed by atoms with Gasteiger partial charge in [-0.2, -0.15) is 0 Å². The first-order valence-corrected chi connectivity index (χ1v) is 7.74. The lowest BCUT2D eigenvalue weighted by Crippen LogP contribution is -2.37. The quantitative estimate of drug-likeness (QED) is 0.775. The van der Waals surface area contributed by atoms with Crippen LogP contribution in [0.2, 0.25) is 0 Å². The molecule has 102 valence electrons. The molecule has 0 fully saturated rings. The molecule has 0 heterocycles. The van der Waals surface area contributed by atoms with Crippen molar-refractivity contribution in [1.29, 1.82) is 0 Å². The molecule has 0 aliphatic carbocycles. The van der Waals surface area contributed by atoms with Crippen molar-refractivity contribution in [3.05, 3.63) is 22.7 Å². The van der Waals surface area contributed by atoms with Gasteiger partial charge < -0.3 is 10.5 Å². The van der Waals surface area contributed by atoms with E-state index in [0.717, 1.165) is 0 Å². The van der Waals surface area contributed by atoms with Crippen molar-refractivity contribution in [3.8, 4) is 0 Å². The maximum absolute atomic E-state index is 12.2. The van der Waals surface area contributed by atoms with E-state index in [-0.39, 0.29) is 10.9 Å². The standard InChI is InChI=1S/C11H17BrN2O3S/c1-3-9(7-17-2)14-18(15,16)11-6-8(13)4-5-10(11)12/h4-6,9,14H,3,7,13H2,1-2H3. The monoisotopic (exact) mass is 336 g/mol. The van der Waals surface area contributed by atoms with Gasteiger partial charge in [-0.25, -0.2) is 13.1 Å². The van der Waals surface area contributed by atoms with E-state index in [1.54, 1.807) is 12.1 Å². The number of hydrogen-bond donors (Lipinski definition) is 2. The molecule has 1 atom stereocenters. The van der Waals surface area contributed by atoms with Gasteiger partial charge in [-0.05, 0) is 40.5 Å². The summed E-state index contributed by atoms with van der Waals surface area (Å²) in [6.45, 7) is 2.22. The number of halogens is 1. The maximum Gasteiger partial charge on any atom is 0.242 e. The largest absolute Gasteiger partial charge is 0.399 e. The number of nitrogen functional groups attached to an aromatic ring is 1. The fourth-order valence-corrected chi connectivity index (χ4v) is 3.75. The Morgan fingerprint density at radius 1 is 1.50 bits per heavy atom. The van der Waals surface area contributed by atoms with Crippen LogP contribution in [0.4, 0.5) is 5.69 Å². The van der Waals surface area contributed by atoms with Crippen molar-refractivity contribution in [2.45, 2.75) is 24.3 Å². The van der Waals surface area contributed by atoms with E-state index in [0.29, 0.717) is 23.2 Å². The number of methoxy groups -OCH3 is 1. The van der Waals surface area contributed by atoms with Crippen LogP contribution in [0.5, 0.6) is 0 Å². The van der Waals surface area contributed by atoms with Crippen LogP contribution >= 0.6 is 15.9 Å². The van der Waals surface area contributed by atoms with E-state index >= 15 is 0 Å². The molecule has 18 heavy (non-hydrogen) atoms. The minimum Gasteiger partial charge on any atom is -0.399 e. The summed E-state index contributed by atoms with van der Waals surface area (Å²) in [7, 11) is -2.07. The van der Waals surface area contributed by atoms with Crippen molar-refractivity contribution < 1.29 is 13.2 Å². The van der Waals surface area contributed by atoms with Crippen LogP contribution in [0.3, 0.4) is 0 Å². The molecule has 0 aromatic heterocycles. The molecule has 1 rings (SSSR count). The van der Waals surface area contributed by atoms with Gasteiger partial charge in [-0.1, -0.05) is 6.92 Å². The Labute approximate surface area is 116 Å². The minimum absolute atomic E-state index is 0.136. The molecule has 0 saturated heterocycles. The van der Waals surface area contributed by atoms with E-state index in [1.165, 1.54) is 13.2 Å². The molecule has 0 amide bonds. The van der Waals surface area contributed by atoms with Gasteiger partial charge >= 0.3 is 0 Å². The number of sulfonamides is 1. The Morgan fingerprint density at radius 2 is 2.17 bits per heavy atom. The lowest BCUT2D eigenvalue weighted by atomic mass is 10.3. The molecule has 0 bridgehead atoms. The second kappa shape index (κ2) is 6.51. The Morgan fingerprint density at radius 3 is 2.72 bits per heavy atom. The van der Waals surface area contributed by atoms with Gasteiger partial charge in [-0.15, -0.1) is 0 Å². The van der Waals surface area contributed by atoms with E-state index in [4.69, 9.17) is 10.5 Å². The summed E-state index contributed by atoms with van der Waals surface area (Å²) in [5, 5.41) is 0. The third-order valence-electron chi connectivity index (χ3n) is 2.43. The number of hydrogen-bond acceptors (Lipinski definition) is 4. The van der Waals surface area contributed by atoms with Gasteiger partial charge in [0, 0.05) is 23.3 Å². The van der Waals surface area contributed by atoms with Crippen LogP contribution in [-0.2, 0) is 14.8 Å². The van der Waals surface area contributed by atoms with Crippen molar-refractivity contribution in [3.63, 3.8) is 0 Å². The number of rotatable bonds is 6. The summed E-state index contributed by atoms with van der Waals surface area (Å²) in [6.07, 6.45) is 0.646. The van der Waals surface area contributed by atoms with Gasteiger partial charge in [0.05, 0.1) is 11.5 Å². The molecule has 0 spiro atoms. The molecule has 1 unspecified atom stereocenters. The number of nitrogens with two attached hydrogens (primary N) is 1. The number of benzene rings is 1. The third-order valence-corrected chi connectivity index (χ3v) is 4.94. The predicted molar refractivity (Wildman–Crippen MR) is 74.8 cm³/mol. The average Bonchev–Trinajstić information content (AvgIpc) is 2.31. The Balaban J connectivity index is 3.02. The molecule has 0 aliphatic rings. The van der Waals surface area contributed by atoms with Gasteiger partial charge in [-0.3, -0.25) is 0 Å². The summed E-state index contributed by atoms with van der Waals surface area (Å²) in [5.41, 5.74) is 6.01. The van der Waals surface area contributed by atoms with Crippen LogP contribution in [0, 0.1) is 0 Å². The number of anilines is 1. The fourth-order valence-electron chi connectivity index (χ4n) is 1.45. The number of ether oxygens (including phenoxy) is 1. The highest BCUT2D eigenvalue weighted by Crippen LogP contribution is 2.24. The van der Waals surface area contributed by atoms with Crippen LogP contribution < -0.4 is 10.5 Å². The highest BCUT2D eigenvalue weighted by Gasteiger charge is 2.21. The van der Waals surface area contributed by atoms with Crippen LogP contribution in [-0.4, -0.2) is 28.2 Å². The zero-order chi connectivity index (χ0) is 13.8. The van der Waals surface area contributed by atoms with Gasteiger partial charge in [0.15, 0.2) is 0 Å². The van der Waals surface area contributed by atoms with Gasteiger partial charge in [0.1, 0.15) is 0 Å². The van der Waals surface area contributed by atoms with Gasteiger partial charge in [0.2, 0.25) is 10.0 Å². The predicted octanol–water partition coefficient (Wildman–Crippen LogP) is 1.73. The first-order valence-electron chi connectivity index (χ1n) is 5.47. The van der Waals surface area contributed by atoms with Crippen molar-refractivity contribution in [2.75, 3.05) is 19.5 Å². The molecule has 3 N–H and O–H groups in total. The fraction of sp³-hybridized carbons (Fsp3) is 0.455. The summed E-state index contributed by atoms with van der Waals surface area (Å²) >= 11 is 3.21. The molecule has 0 aliphatic heterocycles. The Bertz CT molecular complexity index is 505. The smallest absolute Gasteiger partial charge is 0.242 e. The molecule has 1 aromatic rings. The lowest BCUT2D eigenvalue weighted by Gasteiger charge is -2.17. The van der Waals surface area contributed by atoms with Crippen molar-refractivity contribution in [1.82, 2.24) is 4.72 Å². The summed E-state index contributed by atoms with van der Waals surface area (Å²) in [5.74, 6) is 0. The highest BCUT2D eigenvalue weighted by molar-refractivity contribution is 9.10. The zero-order valence-corrected chi connectivity index (χ0v) is 12.7. The van der Waals surface area contributed by atoms with E-state index in [2.05, 4.69) is 20.7 Å². The molecule has 7 heteroatoms. The molecule has 5 nitrogen and oxygen atoms in total. The molecular weight excluding hydrogens is 320 g/mol. The topological polar surface area (TPSA) is 81.4 Å². The minimum atomic E-state index is -3.60. The van der Waals surface area contributed by atoms with Crippen LogP contribution in [0.15, 0.2) is 27.6 Å². The van der Waals surface area contributed by atoms with Gasteiger partial charge in [0.25, 0.3) is 0 Å². The summed E-state index contributed by atoms with van der Waals surface area (Å²) < 4.78 is 32.4. The summed E-state index contributed by atoms with van der Waals surface area (Å²) in [4.78, 5) is 0.136. The molecule has 1 aromatic carbocycles. The zero-order valence-electron chi connectivity index (χ0n) is 10.3. The van der Waals surface area contributed by atoms with Crippen LogP contribution in [0.1, 0.15) is 13.3 Å². The van der Waals surface area contributed by atoms with E-state index in [9.17, 15) is 8.42 Å². The average molecular weight is 337 g/mol. The van der Waals surface area contributed by atoms with Crippen molar-refractivity contribution in [2.24, 2.45) is 0 Å². The first-order chi connectivity index (χ1) is 8.40. The third kappa shape index (κ3) is 3.94. The van der Waals surface area contributed by atoms with Crippen LogP contribution in [0.25, 0.3) is 0 Å². The maximum atomic E-state index is 12.2. The second-order valence-corrected chi connectivity index (χ2v) is 6.41. The Kier molecular flexibility index (Phi) is 5.58. The Hall–Kier alpha value is -0.630. The molecule has 0 saturated carbocycles.